The molecule has 2 aromatic rings. The lowest BCUT2D eigenvalue weighted by Gasteiger charge is -2.17. The molecule has 138 valence electrons. The van der Waals surface area contributed by atoms with E-state index < -0.39 is 12.5 Å². The lowest BCUT2D eigenvalue weighted by Crippen LogP contribution is -2.34. The Morgan fingerprint density at radius 3 is 2.42 bits per heavy atom. The molecule has 0 bridgehead atoms. The molecule has 0 fully saturated rings. The van der Waals surface area contributed by atoms with Crippen molar-refractivity contribution in [1.29, 1.82) is 0 Å². The van der Waals surface area contributed by atoms with E-state index in [4.69, 9.17) is 4.74 Å². The summed E-state index contributed by atoms with van der Waals surface area (Å²) in [5.41, 5.74) is 0.798. The van der Waals surface area contributed by atoms with E-state index in [2.05, 4.69) is 10.1 Å². The zero-order valence-corrected chi connectivity index (χ0v) is 14.2. The molecule has 2 aromatic carbocycles. The maximum absolute atomic E-state index is 12.3. The maximum atomic E-state index is 12.3. The second-order valence-corrected chi connectivity index (χ2v) is 5.34. The third-order valence-corrected chi connectivity index (χ3v) is 3.41. The predicted molar refractivity (Wildman–Crippen MR) is 91.7 cm³/mol. The Labute approximate surface area is 149 Å². The number of ether oxygens (including phenoxy) is 2. The van der Waals surface area contributed by atoms with Crippen molar-refractivity contribution in [2.24, 2.45) is 0 Å². The third-order valence-electron chi connectivity index (χ3n) is 3.41. The summed E-state index contributed by atoms with van der Waals surface area (Å²) in [7, 11) is 2.99. The Morgan fingerprint density at radius 1 is 1.12 bits per heavy atom. The average Bonchev–Trinajstić information content (AvgIpc) is 2.61. The lowest BCUT2D eigenvalue weighted by atomic mass is 10.2. The summed E-state index contributed by atoms with van der Waals surface area (Å²) in [5, 5.41) is 2.67. The number of anilines is 1. The fraction of sp³-hybridized carbons (Fsp3) is 0.222. The second kappa shape index (κ2) is 8.80. The summed E-state index contributed by atoms with van der Waals surface area (Å²) < 4.78 is 33.6. The standard InChI is InChI=1S/C18H18F2N2O4/c1-22(11-16(23)21-13-4-3-5-15(10-13)25-2)17(24)12-6-8-14(9-7-12)26-18(19)20/h3-10,18H,11H2,1-2H3,(H,21,23). The highest BCUT2D eigenvalue weighted by Gasteiger charge is 2.16. The van der Waals surface area contributed by atoms with Crippen LogP contribution in [0.5, 0.6) is 11.5 Å². The van der Waals surface area contributed by atoms with Crippen LogP contribution in [-0.2, 0) is 4.79 Å². The van der Waals surface area contributed by atoms with Gasteiger partial charge in [0.2, 0.25) is 5.91 Å². The molecule has 1 N–H and O–H groups in total. The van der Waals surface area contributed by atoms with Crippen molar-refractivity contribution in [3.63, 3.8) is 0 Å². The number of halogens is 2. The van der Waals surface area contributed by atoms with Gasteiger partial charge in [0.15, 0.2) is 0 Å². The number of hydrogen-bond donors (Lipinski definition) is 1. The molecule has 0 aromatic heterocycles. The van der Waals surface area contributed by atoms with Gasteiger partial charge >= 0.3 is 6.61 Å². The van der Waals surface area contributed by atoms with E-state index in [1.165, 1.54) is 43.3 Å². The largest absolute Gasteiger partial charge is 0.497 e. The van der Waals surface area contributed by atoms with Crippen LogP contribution in [0.25, 0.3) is 0 Å². The number of rotatable bonds is 7. The van der Waals surface area contributed by atoms with Gasteiger partial charge in [0.25, 0.3) is 5.91 Å². The van der Waals surface area contributed by atoms with Crippen molar-refractivity contribution in [2.75, 3.05) is 26.0 Å². The molecule has 8 heteroatoms. The predicted octanol–water partition coefficient (Wildman–Crippen LogP) is 3.01. The molecule has 0 atom stereocenters. The van der Waals surface area contributed by atoms with Gasteiger partial charge in [-0.2, -0.15) is 8.78 Å². The fourth-order valence-electron chi connectivity index (χ4n) is 2.19. The minimum Gasteiger partial charge on any atom is -0.497 e. The summed E-state index contributed by atoms with van der Waals surface area (Å²) in [5.74, 6) is -0.255. The monoisotopic (exact) mass is 364 g/mol. The van der Waals surface area contributed by atoms with Crippen LogP contribution in [0.4, 0.5) is 14.5 Å². The van der Waals surface area contributed by atoms with Crippen LogP contribution >= 0.6 is 0 Å². The van der Waals surface area contributed by atoms with Crippen molar-refractivity contribution >= 4 is 17.5 Å². The first-order valence-electron chi connectivity index (χ1n) is 7.63. The average molecular weight is 364 g/mol. The number of nitrogens with zero attached hydrogens (tertiary/aromatic N) is 1. The van der Waals surface area contributed by atoms with Crippen molar-refractivity contribution in [3.8, 4) is 11.5 Å². The molecule has 0 spiro atoms. The molecule has 0 saturated carbocycles. The molecule has 0 radical (unpaired) electrons. The molecule has 26 heavy (non-hydrogen) atoms. The first kappa shape index (κ1) is 19.2. The van der Waals surface area contributed by atoms with Gasteiger partial charge in [0.1, 0.15) is 11.5 Å². The molecule has 0 unspecified atom stereocenters. The van der Waals surface area contributed by atoms with Crippen molar-refractivity contribution < 1.29 is 27.8 Å². The van der Waals surface area contributed by atoms with Crippen LogP contribution < -0.4 is 14.8 Å². The number of likely N-dealkylation sites (N-methyl/N-ethyl adjacent to an activating group) is 1. The Kier molecular flexibility index (Phi) is 6.48. The topological polar surface area (TPSA) is 67.9 Å². The molecule has 6 nitrogen and oxygen atoms in total. The summed E-state index contributed by atoms with van der Waals surface area (Å²) in [6, 6.07) is 12.1. The Balaban J connectivity index is 1.94. The van der Waals surface area contributed by atoms with Gasteiger partial charge in [0.05, 0.1) is 13.7 Å². The van der Waals surface area contributed by atoms with Gasteiger partial charge in [-0.15, -0.1) is 0 Å². The number of nitrogens with one attached hydrogen (secondary N) is 1. The van der Waals surface area contributed by atoms with Crippen molar-refractivity contribution in [2.45, 2.75) is 6.61 Å². The molecule has 2 amide bonds. The molecular weight excluding hydrogens is 346 g/mol. The summed E-state index contributed by atoms with van der Waals surface area (Å²) >= 11 is 0. The van der Waals surface area contributed by atoms with E-state index in [0.717, 1.165) is 0 Å². The highest BCUT2D eigenvalue weighted by molar-refractivity contribution is 5.99. The lowest BCUT2D eigenvalue weighted by molar-refractivity contribution is -0.116. The molecule has 0 aliphatic carbocycles. The number of methoxy groups -OCH3 is 1. The zero-order chi connectivity index (χ0) is 19.1. The minimum atomic E-state index is -2.93. The second-order valence-electron chi connectivity index (χ2n) is 5.34. The van der Waals surface area contributed by atoms with Crippen LogP contribution in [0.2, 0.25) is 0 Å². The Hall–Kier alpha value is -3.16. The zero-order valence-electron chi connectivity index (χ0n) is 14.2. The maximum Gasteiger partial charge on any atom is 0.387 e. The van der Waals surface area contributed by atoms with Gasteiger partial charge in [0, 0.05) is 24.4 Å². The van der Waals surface area contributed by atoms with Crippen molar-refractivity contribution in [1.82, 2.24) is 4.90 Å². The number of carbonyl (C=O) groups is 2. The molecule has 0 heterocycles. The van der Waals surface area contributed by atoms with Crippen LogP contribution in [0.3, 0.4) is 0 Å². The number of amides is 2. The molecule has 0 saturated heterocycles. The van der Waals surface area contributed by atoms with Gasteiger partial charge in [-0.25, -0.2) is 0 Å². The minimum absolute atomic E-state index is 0.0463. The number of carbonyl (C=O) groups excluding carboxylic acids is 2. The SMILES string of the molecule is COc1cccc(NC(=O)CN(C)C(=O)c2ccc(OC(F)F)cc2)c1. The van der Waals surface area contributed by atoms with Crippen molar-refractivity contribution in [3.05, 3.63) is 54.1 Å². The Morgan fingerprint density at radius 2 is 1.81 bits per heavy atom. The van der Waals surface area contributed by atoms with E-state index in [-0.39, 0.29) is 23.8 Å². The van der Waals surface area contributed by atoms with Crippen LogP contribution in [0, 0.1) is 0 Å². The quantitative estimate of drug-likeness (QED) is 0.820. The smallest absolute Gasteiger partial charge is 0.387 e. The first-order valence-corrected chi connectivity index (χ1v) is 7.63. The highest BCUT2D eigenvalue weighted by atomic mass is 19.3. The number of hydrogen-bond acceptors (Lipinski definition) is 4. The van der Waals surface area contributed by atoms with E-state index in [9.17, 15) is 18.4 Å². The molecule has 0 aliphatic heterocycles. The normalized spacial score (nSPS) is 10.3. The van der Waals surface area contributed by atoms with Crippen LogP contribution in [-0.4, -0.2) is 44.0 Å². The van der Waals surface area contributed by atoms with E-state index in [1.807, 2.05) is 0 Å². The summed E-state index contributed by atoms with van der Waals surface area (Å²) in [6.45, 7) is -3.11. The number of benzene rings is 2. The van der Waals surface area contributed by atoms with Gasteiger partial charge in [-0.1, -0.05) is 6.07 Å². The van der Waals surface area contributed by atoms with Gasteiger partial charge < -0.3 is 19.7 Å². The fourth-order valence-corrected chi connectivity index (χ4v) is 2.19. The highest BCUT2D eigenvalue weighted by Crippen LogP contribution is 2.17. The van der Waals surface area contributed by atoms with Gasteiger partial charge in [-0.3, -0.25) is 9.59 Å². The summed E-state index contributed by atoms with van der Waals surface area (Å²) in [4.78, 5) is 25.6. The third kappa shape index (κ3) is 5.44. The van der Waals surface area contributed by atoms with Crippen LogP contribution in [0.1, 0.15) is 10.4 Å². The van der Waals surface area contributed by atoms with E-state index in [0.29, 0.717) is 11.4 Å². The summed E-state index contributed by atoms with van der Waals surface area (Å²) in [6.07, 6.45) is 0. The molecule has 0 aliphatic rings. The molecule has 2 rings (SSSR count). The van der Waals surface area contributed by atoms with E-state index in [1.54, 1.807) is 24.3 Å². The first-order chi connectivity index (χ1) is 12.4. The molecular formula is C18H18F2N2O4. The van der Waals surface area contributed by atoms with Crippen LogP contribution in [0.15, 0.2) is 48.5 Å². The van der Waals surface area contributed by atoms with E-state index >= 15 is 0 Å². The number of alkyl halides is 2. The van der Waals surface area contributed by atoms with Gasteiger partial charge in [-0.05, 0) is 36.4 Å². The Bertz CT molecular complexity index is 766.